The van der Waals surface area contributed by atoms with Crippen molar-refractivity contribution in [2.24, 2.45) is 0 Å². The molecular formula is C12H19N3O. The fourth-order valence-corrected chi connectivity index (χ4v) is 2.21. The van der Waals surface area contributed by atoms with E-state index in [4.69, 9.17) is 0 Å². The number of aromatic nitrogens is 1. The minimum absolute atomic E-state index is 0.124. The molecule has 2 N–H and O–H groups in total. The summed E-state index contributed by atoms with van der Waals surface area (Å²) in [5, 5.41) is 13.0. The van der Waals surface area contributed by atoms with Crippen LogP contribution in [0.1, 0.15) is 12.5 Å². The van der Waals surface area contributed by atoms with E-state index >= 15 is 0 Å². The maximum atomic E-state index is 9.70. The third kappa shape index (κ3) is 2.09. The Morgan fingerprint density at radius 2 is 2.25 bits per heavy atom. The highest BCUT2D eigenvalue weighted by atomic mass is 16.3. The number of nitrogens with zero attached hydrogens (tertiary/aromatic N) is 2. The van der Waals surface area contributed by atoms with Crippen LogP contribution in [0.15, 0.2) is 24.5 Å². The van der Waals surface area contributed by atoms with Crippen molar-refractivity contribution in [3.05, 3.63) is 30.1 Å². The second kappa shape index (κ2) is 4.91. The Hall–Kier alpha value is -0.970. The van der Waals surface area contributed by atoms with Crippen molar-refractivity contribution < 1.29 is 5.11 Å². The molecule has 1 aromatic heterocycles. The maximum absolute atomic E-state index is 9.70. The third-order valence-corrected chi connectivity index (χ3v) is 3.41. The molecule has 1 unspecified atom stereocenters. The number of hydrogen-bond donors (Lipinski definition) is 2. The Labute approximate surface area is 96.3 Å². The highest BCUT2D eigenvalue weighted by Crippen LogP contribution is 2.27. The van der Waals surface area contributed by atoms with Crippen molar-refractivity contribution in [3.63, 3.8) is 0 Å². The van der Waals surface area contributed by atoms with Gasteiger partial charge in [0.1, 0.15) is 0 Å². The highest BCUT2D eigenvalue weighted by Gasteiger charge is 2.33. The van der Waals surface area contributed by atoms with Crippen LogP contribution in [0.5, 0.6) is 0 Å². The van der Waals surface area contributed by atoms with Crippen LogP contribution in [0.2, 0.25) is 0 Å². The van der Waals surface area contributed by atoms with Crippen molar-refractivity contribution in [2.75, 3.05) is 32.8 Å². The Balaban J connectivity index is 2.24. The smallest absolute Gasteiger partial charge is 0.0681 e. The summed E-state index contributed by atoms with van der Waals surface area (Å²) in [6.07, 6.45) is 3.61. The summed E-state index contributed by atoms with van der Waals surface area (Å²) in [6, 6.07) is 3.96. The lowest BCUT2D eigenvalue weighted by atomic mass is 9.91. The van der Waals surface area contributed by atoms with E-state index in [1.165, 1.54) is 0 Å². The molecule has 0 aromatic carbocycles. The quantitative estimate of drug-likeness (QED) is 0.765. The van der Waals surface area contributed by atoms with Gasteiger partial charge in [-0.3, -0.25) is 9.88 Å². The monoisotopic (exact) mass is 221 g/mol. The predicted octanol–water partition coefficient (Wildman–Crippen LogP) is 0.194. The number of rotatable bonds is 3. The first kappa shape index (κ1) is 11.5. The van der Waals surface area contributed by atoms with Crippen molar-refractivity contribution in [1.29, 1.82) is 0 Å². The van der Waals surface area contributed by atoms with E-state index < -0.39 is 0 Å². The lowest BCUT2D eigenvalue weighted by molar-refractivity contribution is 0.0309. The second-order valence-corrected chi connectivity index (χ2v) is 4.41. The van der Waals surface area contributed by atoms with E-state index in [1.807, 2.05) is 18.3 Å². The molecule has 0 amide bonds. The molecule has 0 saturated carbocycles. The molecule has 0 aliphatic carbocycles. The summed E-state index contributed by atoms with van der Waals surface area (Å²) >= 11 is 0. The van der Waals surface area contributed by atoms with Gasteiger partial charge in [0.15, 0.2) is 0 Å². The number of aliphatic hydroxyl groups is 1. The molecule has 16 heavy (non-hydrogen) atoms. The lowest BCUT2D eigenvalue weighted by Crippen LogP contribution is -2.54. The van der Waals surface area contributed by atoms with Crippen LogP contribution < -0.4 is 5.32 Å². The largest absolute Gasteiger partial charge is 0.394 e. The maximum Gasteiger partial charge on any atom is 0.0681 e. The summed E-state index contributed by atoms with van der Waals surface area (Å²) in [7, 11) is 0. The van der Waals surface area contributed by atoms with E-state index in [0.717, 1.165) is 31.7 Å². The zero-order valence-electron chi connectivity index (χ0n) is 9.69. The van der Waals surface area contributed by atoms with E-state index in [9.17, 15) is 5.11 Å². The average Bonchev–Trinajstić information content (AvgIpc) is 2.40. The standard InChI is InChI=1S/C12H19N3O/c1-12(10-16,11-3-2-4-14-9-11)15-7-5-13-6-8-15/h2-4,9,13,16H,5-8,10H2,1H3. The van der Waals surface area contributed by atoms with E-state index in [-0.39, 0.29) is 12.1 Å². The van der Waals surface area contributed by atoms with Crippen LogP contribution >= 0.6 is 0 Å². The molecule has 2 heterocycles. The molecular weight excluding hydrogens is 202 g/mol. The van der Waals surface area contributed by atoms with Crippen LogP contribution in [0.3, 0.4) is 0 Å². The Morgan fingerprint density at radius 1 is 1.50 bits per heavy atom. The highest BCUT2D eigenvalue weighted by molar-refractivity contribution is 5.20. The first-order valence-corrected chi connectivity index (χ1v) is 5.74. The van der Waals surface area contributed by atoms with E-state index in [0.29, 0.717) is 0 Å². The fourth-order valence-electron chi connectivity index (χ4n) is 2.21. The molecule has 2 rings (SSSR count). The van der Waals surface area contributed by atoms with Gasteiger partial charge in [-0.25, -0.2) is 0 Å². The third-order valence-electron chi connectivity index (χ3n) is 3.41. The summed E-state index contributed by atoms with van der Waals surface area (Å²) in [5.74, 6) is 0. The SMILES string of the molecule is CC(CO)(c1cccnc1)N1CCNCC1. The molecule has 0 spiro atoms. The minimum atomic E-state index is -0.309. The van der Waals surface area contributed by atoms with Gasteiger partial charge < -0.3 is 10.4 Å². The predicted molar refractivity (Wildman–Crippen MR) is 63.1 cm³/mol. The lowest BCUT2D eigenvalue weighted by Gasteiger charge is -2.42. The molecule has 88 valence electrons. The molecule has 1 aliphatic rings. The van der Waals surface area contributed by atoms with Crippen LogP contribution in [0.4, 0.5) is 0 Å². The Morgan fingerprint density at radius 3 is 2.81 bits per heavy atom. The molecule has 0 bridgehead atoms. The van der Waals surface area contributed by atoms with Gasteiger partial charge in [0.2, 0.25) is 0 Å². The number of aliphatic hydroxyl groups excluding tert-OH is 1. The topological polar surface area (TPSA) is 48.4 Å². The fraction of sp³-hybridized carbons (Fsp3) is 0.583. The van der Waals surface area contributed by atoms with Crippen LogP contribution in [-0.4, -0.2) is 47.8 Å². The number of piperazine rings is 1. The van der Waals surface area contributed by atoms with Crippen molar-refractivity contribution in [3.8, 4) is 0 Å². The molecule has 1 aliphatic heterocycles. The van der Waals surface area contributed by atoms with E-state index in [1.54, 1.807) is 6.20 Å². The number of pyridine rings is 1. The minimum Gasteiger partial charge on any atom is -0.394 e. The Kier molecular flexibility index (Phi) is 3.53. The molecule has 4 nitrogen and oxygen atoms in total. The first-order chi connectivity index (χ1) is 7.77. The van der Waals surface area contributed by atoms with Gasteiger partial charge in [-0.2, -0.15) is 0 Å². The summed E-state index contributed by atoms with van der Waals surface area (Å²) in [4.78, 5) is 6.46. The van der Waals surface area contributed by atoms with Crippen molar-refractivity contribution in [1.82, 2.24) is 15.2 Å². The molecule has 1 atom stereocenters. The summed E-state index contributed by atoms with van der Waals surface area (Å²) in [5.41, 5.74) is 0.774. The number of hydrogen-bond acceptors (Lipinski definition) is 4. The zero-order chi connectivity index (χ0) is 11.4. The molecule has 4 heteroatoms. The van der Waals surface area contributed by atoms with Crippen LogP contribution in [0.25, 0.3) is 0 Å². The zero-order valence-corrected chi connectivity index (χ0v) is 9.69. The molecule has 1 aromatic rings. The average molecular weight is 221 g/mol. The molecule has 0 radical (unpaired) electrons. The van der Waals surface area contributed by atoms with Crippen LogP contribution in [0, 0.1) is 0 Å². The van der Waals surface area contributed by atoms with Crippen molar-refractivity contribution in [2.45, 2.75) is 12.5 Å². The van der Waals surface area contributed by atoms with Gasteiger partial charge in [-0.1, -0.05) is 6.07 Å². The summed E-state index contributed by atoms with van der Waals surface area (Å²) < 4.78 is 0. The van der Waals surface area contributed by atoms with Crippen molar-refractivity contribution >= 4 is 0 Å². The van der Waals surface area contributed by atoms with Gasteiger partial charge in [0.05, 0.1) is 12.1 Å². The molecule has 1 fully saturated rings. The Bertz CT molecular complexity index is 324. The second-order valence-electron chi connectivity index (χ2n) is 4.41. The first-order valence-electron chi connectivity index (χ1n) is 5.74. The van der Waals surface area contributed by atoms with Gasteiger partial charge >= 0.3 is 0 Å². The molecule has 1 saturated heterocycles. The van der Waals surface area contributed by atoms with Gasteiger partial charge in [-0.15, -0.1) is 0 Å². The van der Waals surface area contributed by atoms with Crippen LogP contribution in [-0.2, 0) is 5.54 Å². The van der Waals surface area contributed by atoms with Gasteiger partial charge in [-0.05, 0) is 18.6 Å². The van der Waals surface area contributed by atoms with E-state index in [2.05, 4.69) is 22.1 Å². The number of nitrogens with one attached hydrogen (secondary N) is 1. The van der Waals surface area contributed by atoms with Gasteiger partial charge in [0.25, 0.3) is 0 Å². The normalized spacial score (nSPS) is 21.6. The summed E-state index contributed by atoms with van der Waals surface area (Å²) in [6.45, 7) is 6.09. The van der Waals surface area contributed by atoms with Gasteiger partial charge in [0, 0.05) is 38.6 Å².